The lowest BCUT2D eigenvalue weighted by Crippen LogP contribution is -2.46. The summed E-state index contributed by atoms with van der Waals surface area (Å²) in [6.45, 7) is 0. The predicted octanol–water partition coefficient (Wildman–Crippen LogP) is 2.41. The largest absolute Gasteiger partial charge is 0.364 e. The fraction of sp³-hybridized carbons (Fsp3) is 0.133. The number of para-hydroxylation sites is 1. The van der Waals surface area contributed by atoms with Gasteiger partial charge in [-0.05, 0) is 17.7 Å². The Morgan fingerprint density at radius 1 is 0.889 bits per heavy atom. The molecule has 1 amide bonds. The van der Waals surface area contributed by atoms with Crippen molar-refractivity contribution in [2.24, 2.45) is 0 Å². The van der Waals surface area contributed by atoms with Crippen LogP contribution in [0.4, 0.5) is 5.69 Å². The average molecular weight is 238 g/mol. The van der Waals surface area contributed by atoms with E-state index < -0.39 is 0 Å². The lowest BCUT2D eigenvalue weighted by molar-refractivity contribution is 0.0936. The summed E-state index contributed by atoms with van der Waals surface area (Å²) in [5.41, 5.74) is 2.82. The average Bonchev–Trinajstić information content (AvgIpc) is 2.40. The van der Waals surface area contributed by atoms with E-state index in [1.54, 1.807) is 0 Å². The van der Waals surface area contributed by atoms with Gasteiger partial charge in [0, 0.05) is 12.1 Å². The Hall–Kier alpha value is -2.29. The first-order valence-corrected chi connectivity index (χ1v) is 6.03. The molecule has 3 heteroatoms. The van der Waals surface area contributed by atoms with Gasteiger partial charge in [0.2, 0.25) is 0 Å². The zero-order valence-corrected chi connectivity index (χ0v) is 9.89. The molecule has 3 rings (SSSR count). The van der Waals surface area contributed by atoms with Crippen LogP contribution in [0.5, 0.6) is 0 Å². The van der Waals surface area contributed by atoms with E-state index in [1.807, 2.05) is 42.5 Å². The molecule has 0 bridgehead atoms. The monoisotopic (exact) mass is 238 g/mol. The van der Waals surface area contributed by atoms with Gasteiger partial charge in [0.05, 0.1) is 5.56 Å². The van der Waals surface area contributed by atoms with Crippen LogP contribution in [0, 0.1) is 0 Å². The topological polar surface area (TPSA) is 41.1 Å². The second kappa shape index (κ2) is 4.53. The third-order valence-corrected chi connectivity index (χ3v) is 3.09. The lowest BCUT2D eigenvalue weighted by atomic mass is 10.1. The molecule has 0 radical (unpaired) electrons. The number of hydrogen-bond acceptors (Lipinski definition) is 2. The summed E-state index contributed by atoms with van der Waals surface area (Å²) in [5.74, 6) is -0.00900. The highest BCUT2D eigenvalue weighted by Crippen LogP contribution is 2.20. The number of amides is 1. The number of rotatable bonds is 2. The second-order valence-electron chi connectivity index (χ2n) is 4.41. The summed E-state index contributed by atoms with van der Waals surface area (Å²) in [4.78, 5) is 11.9. The van der Waals surface area contributed by atoms with E-state index in [-0.39, 0.29) is 12.1 Å². The molecule has 18 heavy (non-hydrogen) atoms. The molecule has 0 fully saturated rings. The zero-order chi connectivity index (χ0) is 12.4. The number of nitrogens with one attached hydrogen (secondary N) is 2. The molecule has 0 saturated carbocycles. The molecule has 0 aromatic heterocycles. The van der Waals surface area contributed by atoms with Crippen molar-refractivity contribution >= 4 is 11.6 Å². The van der Waals surface area contributed by atoms with Gasteiger partial charge in [0.15, 0.2) is 0 Å². The minimum absolute atomic E-state index is 0.00900. The van der Waals surface area contributed by atoms with Gasteiger partial charge in [-0.25, -0.2) is 0 Å². The van der Waals surface area contributed by atoms with E-state index in [0.717, 1.165) is 12.1 Å². The molecular weight excluding hydrogens is 224 g/mol. The molecule has 1 unspecified atom stereocenters. The van der Waals surface area contributed by atoms with Crippen LogP contribution in [-0.2, 0) is 6.42 Å². The fourth-order valence-corrected chi connectivity index (χ4v) is 2.22. The van der Waals surface area contributed by atoms with Crippen molar-refractivity contribution in [2.75, 3.05) is 5.32 Å². The maximum absolute atomic E-state index is 11.9. The summed E-state index contributed by atoms with van der Waals surface area (Å²) in [6, 6.07) is 17.7. The van der Waals surface area contributed by atoms with Crippen LogP contribution in [0.2, 0.25) is 0 Å². The summed E-state index contributed by atoms with van der Waals surface area (Å²) in [7, 11) is 0. The van der Waals surface area contributed by atoms with Crippen molar-refractivity contribution in [1.29, 1.82) is 0 Å². The molecule has 1 atom stereocenters. The third kappa shape index (κ3) is 2.07. The first-order valence-electron chi connectivity index (χ1n) is 6.03. The van der Waals surface area contributed by atoms with Crippen molar-refractivity contribution < 1.29 is 4.79 Å². The molecule has 2 aromatic rings. The van der Waals surface area contributed by atoms with Crippen LogP contribution in [-0.4, -0.2) is 12.1 Å². The van der Waals surface area contributed by atoms with Gasteiger partial charge in [0.25, 0.3) is 5.91 Å². The molecule has 0 aliphatic carbocycles. The summed E-state index contributed by atoms with van der Waals surface area (Å²) >= 11 is 0. The molecule has 2 aromatic carbocycles. The lowest BCUT2D eigenvalue weighted by Gasteiger charge is -2.27. The van der Waals surface area contributed by atoms with Crippen molar-refractivity contribution in [1.82, 2.24) is 5.32 Å². The molecule has 1 aliphatic rings. The van der Waals surface area contributed by atoms with E-state index in [2.05, 4.69) is 22.8 Å². The van der Waals surface area contributed by atoms with Gasteiger partial charge >= 0.3 is 0 Å². The summed E-state index contributed by atoms with van der Waals surface area (Å²) < 4.78 is 0. The number of hydrogen-bond donors (Lipinski definition) is 2. The Labute approximate surface area is 106 Å². The maximum Gasteiger partial charge on any atom is 0.254 e. The summed E-state index contributed by atoms with van der Waals surface area (Å²) in [6.07, 6.45) is 0.732. The van der Waals surface area contributed by atoms with Gasteiger partial charge in [-0.3, -0.25) is 4.79 Å². The van der Waals surface area contributed by atoms with Crippen LogP contribution < -0.4 is 10.6 Å². The Morgan fingerprint density at radius 3 is 2.44 bits per heavy atom. The van der Waals surface area contributed by atoms with Crippen LogP contribution in [0.3, 0.4) is 0 Å². The SMILES string of the molecule is O=C1NC(Cc2ccccc2)Nc2ccccc21. The first-order chi connectivity index (χ1) is 8.83. The molecule has 90 valence electrons. The van der Waals surface area contributed by atoms with Crippen molar-refractivity contribution in [2.45, 2.75) is 12.6 Å². The molecule has 2 N–H and O–H groups in total. The third-order valence-electron chi connectivity index (χ3n) is 3.09. The van der Waals surface area contributed by atoms with Crippen molar-refractivity contribution in [3.05, 3.63) is 65.7 Å². The number of benzene rings is 2. The highest BCUT2D eigenvalue weighted by Gasteiger charge is 2.22. The molecular formula is C15H14N2O. The van der Waals surface area contributed by atoms with E-state index in [1.165, 1.54) is 5.56 Å². The molecule has 1 aliphatic heterocycles. The maximum atomic E-state index is 11.9. The molecule has 3 nitrogen and oxygen atoms in total. The van der Waals surface area contributed by atoms with E-state index in [0.29, 0.717) is 5.56 Å². The Morgan fingerprint density at radius 2 is 1.61 bits per heavy atom. The molecule has 0 saturated heterocycles. The highest BCUT2D eigenvalue weighted by atomic mass is 16.2. The number of carbonyl (C=O) groups excluding carboxylic acids is 1. The van der Waals surface area contributed by atoms with Crippen molar-refractivity contribution in [3.63, 3.8) is 0 Å². The number of fused-ring (bicyclic) bond motifs is 1. The van der Waals surface area contributed by atoms with Gasteiger partial charge in [0.1, 0.15) is 6.17 Å². The minimum atomic E-state index is -0.0465. The normalized spacial score (nSPS) is 17.6. The molecule has 0 spiro atoms. The van der Waals surface area contributed by atoms with Crippen LogP contribution in [0.25, 0.3) is 0 Å². The number of carbonyl (C=O) groups is 1. The van der Waals surface area contributed by atoms with Gasteiger partial charge in [-0.2, -0.15) is 0 Å². The van der Waals surface area contributed by atoms with Gasteiger partial charge in [-0.1, -0.05) is 42.5 Å². The fourth-order valence-electron chi connectivity index (χ4n) is 2.22. The Bertz CT molecular complexity index is 566. The Balaban J connectivity index is 1.80. The van der Waals surface area contributed by atoms with Crippen LogP contribution in [0.1, 0.15) is 15.9 Å². The Kier molecular flexibility index (Phi) is 2.73. The van der Waals surface area contributed by atoms with Gasteiger partial charge in [-0.15, -0.1) is 0 Å². The highest BCUT2D eigenvalue weighted by molar-refractivity contribution is 6.01. The van der Waals surface area contributed by atoms with Gasteiger partial charge < -0.3 is 10.6 Å². The van der Waals surface area contributed by atoms with Crippen molar-refractivity contribution in [3.8, 4) is 0 Å². The van der Waals surface area contributed by atoms with E-state index in [4.69, 9.17) is 0 Å². The predicted molar refractivity (Wildman–Crippen MR) is 71.5 cm³/mol. The number of anilines is 1. The zero-order valence-electron chi connectivity index (χ0n) is 9.89. The van der Waals surface area contributed by atoms with Crippen LogP contribution in [0.15, 0.2) is 54.6 Å². The smallest absolute Gasteiger partial charge is 0.254 e. The molecule has 1 heterocycles. The van der Waals surface area contributed by atoms with Crippen LogP contribution >= 0.6 is 0 Å². The first kappa shape index (κ1) is 10.8. The standard InChI is InChI=1S/C15H14N2O/c18-15-12-8-4-5-9-13(12)16-14(17-15)10-11-6-2-1-3-7-11/h1-9,14,16H,10H2,(H,17,18). The minimum Gasteiger partial charge on any atom is -0.364 e. The summed E-state index contributed by atoms with van der Waals surface area (Å²) in [5, 5.41) is 6.31. The second-order valence-corrected chi connectivity index (χ2v) is 4.41. The van der Waals surface area contributed by atoms with E-state index >= 15 is 0 Å². The van der Waals surface area contributed by atoms with E-state index in [9.17, 15) is 4.79 Å². The quantitative estimate of drug-likeness (QED) is 0.843.